The zero-order valence-corrected chi connectivity index (χ0v) is 8.59. The van der Waals surface area contributed by atoms with Crippen molar-refractivity contribution in [3.63, 3.8) is 0 Å². The molecule has 0 aliphatic carbocycles. The zero-order valence-electron chi connectivity index (χ0n) is 7.83. The van der Waals surface area contributed by atoms with E-state index in [4.69, 9.17) is 16.3 Å². The molecule has 0 saturated heterocycles. The van der Waals surface area contributed by atoms with E-state index in [2.05, 4.69) is 0 Å². The summed E-state index contributed by atoms with van der Waals surface area (Å²) in [6, 6.07) is 2.95. The van der Waals surface area contributed by atoms with Crippen molar-refractivity contribution in [2.75, 3.05) is 7.11 Å². The van der Waals surface area contributed by atoms with Gasteiger partial charge in [0.15, 0.2) is 12.1 Å². The summed E-state index contributed by atoms with van der Waals surface area (Å²) in [4.78, 5) is 21.9. The lowest BCUT2D eigenvalue weighted by Gasteiger charge is -2.07. The third-order valence-corrected chi connectivity index (χ3v) is 2.04. The van der Waals surface area contributed by atoms with Gasteiger partial charge in [-0.3, -0.25) is 9.59 Å². The third kappa shape index (κ3) is 1.93. The van der Waals surface area contributed by atoms with E-state index >= 15 is 0 Å². The second-order valence-corrected chi connectivity index (χ2v) is 3.18. The van der Waals surface area contributed by atoms with Gasteiger partial charge in [-0.2, -0.15) is 0 Å². The van der Waals surface area contributed by atoms with Crippen molar-refractivity contribution in [3.05, 3.63) is 28.3 Å². The lowest BCUT2D eigenvalue weighted by atomic mass is 10.0. The fourth-order valence-corrected chi connectivity index (χ4v) is 1.38. The number of methoxy groups -OCH3 is 1. The first-order chi connectivity index (χ1) is 6.60. The number of aldehydes is 1. The van der Waals surface area contributed by atoms with Crippen LogP contribution in [0.4, 0.5) is 0 Å². The lowest BCUT2D eigenvalue weighted by molar-refractivity contribution is 0.100. The Morgan fingerprint density at radius 2 is 2.14 bits per heavy atom. The van der Waals surface area contributed by atoms with E-state index in [1.165, 1.54) is 26.2 Å². The molecule has 0 radical (unpaired) electrons. The Morgan fingerprint density at radius 3 is 2.57 bits per heavy atom. The normalized spacial score (nSPS) is 9.64. The number of benzene rings is 1. The molecule has 14 heavy (non-hydrogen) atoms. The van der Waals surface area contributed by atoms with Gasteiger partial charge in [-0.15, -0.1) is 0 Å². The number of Topliss-reactive ketones (excluding diaryl/α,β-unsaturated/α-hetero) is 1. The number of rotatable bonds is 3. The SMILES string of the molecule is COc1cc(Cl)cc(C(C)=O)c1C=O. The summed E-state index contributed by atoms with van der Waals surface area (Å²) in [5.41, 5.74) is 0.522. The molecular formula is C10H9ClO3. The molecule has 0 unspecified atom stereocenters. The molecule has 0 fully saturated rings. The average molecular weight is 213 g/mol. The summed E-state index contributed by atoms with van der Waals surface area (Å²) in [5.74, 6) is 0.102. The minimum Gasteiger partial charge on any atom is -0.496 e. The Kier molecular flexibility index (Phi) is 3.25. The van der Waals surface area contributed by atoms with Crippen molar-refractivity contribution in [2.24, 2.45) is 0 Å². The molecule has 1 aromatic rings. The van der Waals surface area contributed by atoms with Crippen LogP contribution in [0.5, 0.6) is 5.75 Å². The van der Waals surface area contributed by atoms with Crippen molar-refractivity contribution in [1.29, 1.82) is 0 Å². The number of carbonyl (C=O) groups is 2. The smallest absolute Gasteiger partial charge is 0.160 e. The molecular weight excluding hydrogens is 204 g/mol. The molecule has 0 atom stereocenters. The Labute approximate surface area is 86.6 Å². The van der Waals surface area contributed by atoms with Crippen LogP contribution in [0.3, 0.4) is 0 Å². The van der Waals surface area contributed by atoms with Gasteiger partial charge in [-0.25, -0.2) is 0 Å². The number of carbonyl (C=O) groups excluding carboxylic acids is 2. The molecule has 0 amide bonds. The molecule has 0 aliphatic heterocycles. The maximum absolute atomic E-state index is 11.2. The molecule has 3 nitrogen and oxygen atoms in total. The molecule has 1 rings (SSSR count). The predicted molar refractivity (Wildman–Crippen MR) is 53.4 cm³/mol. The highest BCUT2D eigenvalue weighted by atomic mass is 35.5. The van der Waals surface area contributed by atoms with Gasteiger partial charge in [0.2, 0.25) is 0 Å². The number of hydrogen-bond acceptors (Lipinski definition) is 3. The largest absolute Gasteiger partial charge is 0.496 e. The zero-order chi connectivity index (χ0) is 10.7. The van der Waals surface area contributed by atoms with Crippen LogP contribution in [0.2, 0.25) is 5.02 Å². The number of halogens is 1. The van der Waals surface area contributed by atoms with Crippen LogP contribution in [0.25, 0.3) is 0 Å². The summed E-state index contributed by atoms with van der Waals surface area (Å²) in [7, 11) is 1.42. The van der Waals surface area contributed by atoms with Crippen LogP contribution in [0.15, 0.2) is 12.1 Å². The highest BCUT2D eigenvalue weighted by molar-refractivity contribution is 6.31. The van der Waals surface area contributed by atoms with Crippen LogP contribution in [-0.2, 0) is 0 Å². The first kappa shape index (κ1) is 10.7. The minimum absolute atomic E-state index is 0.215. The maximum Gasteiger partial charge on any atom is 0.160 e. The van der Waals surface area contributed by atoms with Gasteiger partial charge in [0.05, 0.1) is 12.7 Å². The Bertz CT molecular complexity index is 385. The second kappa shape index (κ2) is 4.24. The summed E-state index contributed by atoms with van der Waals surface area (Å²) < 4.78 is 4.94. The van der Waals surface area contributed by atoms with Gasteiger partial charge in [-0.05, 0) is 19.1 Å². The summed E-state index contributed by atoms with van der Waals surface area (Å²) >= 11 is 5.75. The number of ether oxygens (including phenoxy) is 1. The van der Waals surface area contributed by atoms with Gasteiger partial charge >= 0.3 is 0 Å². The van der Waals surface area contributed by atoms with Gasteiger partial charge in [0.25, 0.3) is 0 Å². The molecule has 1 aromatic carbocycles. The van der Waals surface area contributed by atoms with E-state index in [0.29, 0.717) is 17.1 Å². The molecule has 0 heterocycles. The third-order valence-electron chi connectivity index (χ3n) is 1.82. The van der Waals surface area contributed by atoms with Crippen LogP contribution in [-0.4, -0.2) is 19.2 Å². The quantitative estimate of drug-likeness (QED) is 0.571. The van der Waals surface area contributed by atoms with Gasteiger partial charge < -0.3 is 4.74 Å². The first-order valence-corrected chi connectivity index (χ1v) is 4.31. The molecule has 0 aromatic heterocycles. The fraction of sp³-hybridized carbons (Fsp3) is 0.200. The Balaban J connectivity index is 3.46. The fourth-order valence-electron chi connectivity index (χ4n) is 1.17. The summed E-state index contributed by atoms with van der Waals surface area (Å²) in [6.07, 6.45) is 0.589. The Hall–Kier alpha value is -1.35. The Morgan fingerprint density at radius 1 is 1.50 bits per heavy atom. The van der Waals surface area contributed by atoms with Crippen LogP contribution in [0.1, 0.15) is 27.6 Å². The second-order valence-electron chi connectivity index (χ2n) is 2.74. The van der Waals surface area contributed by atoms with Crippen LogP contribution >= 0.6 is 11.6 Å². The van der Waals surface area contributed by atoms with Crippen molar-refractivity contribution in [1.82, 2.24) is 0 Å². The summed E-state index contributed by atoms with van der Waals surface area (Å²) in [6.45, 7) is 1.37. The van der Waals surface area contributed by atoms with E-state index in [1.807, 2.05) is 0 Å². The van der Waals surface area contributed by atoms with Crippen molar-refractivity contribution < 1.29 is 14.3 Å². The monoisotopic (exact) mass is 212 g/mol. The maximum atomic E-state index is 11.2. The molecule has 0 bridgehead atoms. The molecule has 0 aliphatic rings. The number of ketones is 1. The average Bonchev–Trinajstić information content (AvgIpc) is 2.16. The standard InChI is InChI=1S/C10H9ClO3/c1-6(13)8-3-7(11)4-10(14-2)9(8)5-12/h3-5H,1-2H3. The van der Waals surface area contributed by atoms with Crippen molar-refractivity contribution in [2.45, 2.75) is 6.92 Å². The topological polar surface area (TPSA) is 43.4 Å². The molecule has 0 saturated carbocycles. The van der Waals surface area contributed by atoms with E-state index < -0.39 is 0 Å². The minimum atomic E-state index is -0.215. The van der Waals surface area contributed by atoms with Crippen molar-refractivity contribution >= 4 is 23.7 Å². The van der Waals surface area contributed by atoms with Crippen molar-refractivity contribution in [3.8, 4) is 5.75 Å². The van der Waals surface area contributed by atoms with E-state index in [9.17, 15) is 9.59 Å². The van der Waals surface area contributed by atoms with Gasteiger partial charge in [-0.1, -0.05) is 11.6 Å². The molecule has 74 valence electrons. The predicted octanol–water partition coefficient (Wildman–Crippen LogP) is 2.36. The van der Waals surface area contributed by atoms with Crippen LogP contribution < -0.4 is 4.74 Å². The van der Waals surface area contributed by atoms with E-state index in [0.717, 1.165) is 0 Å². The lowest BCUT2D eigenvalue weighted by Crippen LogP contribution is -2.01. The van der Waals surface area contributed by atoms with E-state index in [-0.39, 0.29) is 16.9 Å². The van der Waals surface area contributed by atoms with Crippen LogP contribution in [0, 0.1) is 0 Å². The van der Waals surface area contributed by atoms with Gasteiger partial charge in [0, 0.05) is 10.6 Å². The van der Waals surface area contributed by atoms with Gasteiger partial charge in [0.1, 0.15) is 5.75 Å². The molecule has 0 spiro atoms. The van der Waals surface area contributed by atoms with E-state index in [1.54, 1.807) is 0 Å². The molecule has 0 N–H and O–H groups in total. The highest BCUT2D eigenvalue weighted by Gasteiger charge is 2.13. The highest BCUT2D eigenvalue weighted by Crippen LogP contribution is 2.26. The summed E-state index contributed by atoms with van der Waals surface area (Å²) in [5, 5.41) is 0.373. The number of hydrogen-bond donors (Lipinski definition) is 0. The molecule has 4 heteroatoms. The first-order valence-electron chi connectivity index (χ1n) is 3.93.